The van der Waals surface area contributed by atoms with Gasteiger partial charge in [-0.2, -0.15) is 0 Å². The van der Waals surface area contributed by atoms with Crippen LogP contribution >= 0.6 is 0 Å². The lowest BCUT2D eigenvalue weighted by Gasteiger charge is -2.35. The highest BCUT2D eigenvalue weighted by atomic mass is 16.3. The largest absolute Gasteiger partial charge is 0.467 e. The number of nitrogens with zero attached hydrogens (tertiary/aromatic N) is 1. The Labute approximate surface area is 153 Å². The zero-order chi connectivity index (χ0) is 18.5. The molecule has 26 heavy (non-hydrogen) atoms. The van der Waals surface area contributed by atoms with E-state index in [4.69, 9.17) is 4.42 Å². The molecule has 6 heteroatoms. The van der Waals surface area contributed by atoms with Crippen LogP contribution in [-0.4, -0.2) is 28.9 Å². The molecule has 2 atom stereocenters. The predicted octanol–water partition coefficient (Wildman–Crippen LogP) is 3.22. The molecule has 0 radical (unpaired) electrons. The van der Waals surface area contributed by atoms with Crippen LogP contribution in [0.4, 0.5) is 4.79 Å². The van der Waals surface area contributed by atoms with E-state index in [0.29, 0.717) is 19.4 Å². The van der Waals surface area contributed by atoms with Gasteiger partial charge in [-0.15, -0.1) is 0 Å². The minimum Gasteiger partial charge on any atom is -0.467 e. The van der Waals surface area contributed by atoms with Gasteiger partial charge in [0.2, 0.25) is 5.91 Å². The Hall–Kier alpha value is -2.76. The average Bonchev–Trinajstić information content (AvgIpc) is 3.15. The molecule has 2 N–H and O–H groups in total. The van der Waals surface area contributed by atoms with Crippen molar-refractivity contribution in [2.24, 2.45) is 0 Å². The number of nitrogens with one attached hydrogen (secondary N) is 2. The van der Waals surface area contributed by atoms with E-state index in [0.717, 1.165) is 11.3 Å². The second-order valence-corrected chi connectivity index (χ2v) is 6.85. The van der Waals surface area contributed by atoms with Gasteiger partial charge in [-0.1, -0.05) is 30.3 Å². The van der Waals surface area contributed by atoms with E-state index in [1.54, 1.807) is 11.2 Å². The molecule has 0 spiro atoms. The highest BCUT2D eigenvalue weighted by molar-refractivity contribution is 5.79. The summed E-state index contributed by atoms with van der Waals surface area (Å²) in [6.07, 6.45) is 2.63. The minimum atomic E-state index is -0.223. The molecular weight excluding hydrogens is 330 g/mol. The number of carbonyl (C=O) groups excluding carboxylic acids is 2. The summed E-state index contributed by atoms with van der Waals surface area (Å²) >= 11 is 0. The maximum absolute atomic E-state index is 12.9. The van der Waals surface area contributed by atoms with Gasteiger partial charge >= 0.3 is 6.03 Å². The summed E-state index contributed by atoms with van der Waals surface area (Å²) in [5.41, 5.74) is 0.994. The molecule has 1 aromatic heterocycles. The molecule has 2 heterocycles. The van der Waals surface area contributed by atoms with Gasteiger partial charge < -0.3 is 20.0 Å². The van der Waals surface area contributed by atoms with E-state index < -0.39 is 0 Å². The van der Waals surface area contributed by atoms with Crippen molar-refractivity contribution in [3.63, 3.8) is 0 Å². The van der Waals surface area contributed by atoms with E-state index in [1.807, 2.05) is 56.3 Å². The maximum Gasteiger partial charge on any atom is 0.318 e. The van der Waals surface area contributed by atoms with Crippen LogP contribution in [0.1, 0.15) is 44.1 Å². The average molecular weight is 355 g/mol. The number of hydrogen-bond donors (Lipinski definition) is 2. The van der Waals surface area contributed by atoms with Crippen molar-refractivity contribution in [1.82, 2.24) is 15.5 Å². The molecule has 6 nitrogen and oxygen atoms in total. The van der Waals surface area contributed by atoms with Crippen molar-refractivity contribution in [3.05, 3.63) is 60.1 Å². The van der Waals surface area contributed by atoms with E-state index in [2.05, 4.69) is 10.6 Å². The molecule has 0 bridgehead atoms. The summed E-state index contributed by atoms with van der Waals surface area (Å²) in [5, 5.41) is 6.12. The van der Waals surface area contributed by atoms with Crippen molar-refractivity contribution in [2.45, 2.75) is 51.4 Å². The topological polar surface area (TPSA) is 74.6 Å². The minimum absolute atomic E-state index is 0.0145. The maximum atomic E-state index is 12.9. The van der Waals surface area contributed by atoms with Gasteiger partial charge in [-0.3, -0.25) is 4.79 Å². The third kappa shape index (κ3) is 4.25. The molecule has 1 aliphatic heterocycles. The SMILES string of the molecule is CC(C)N(Cc1ccco1)C(=O)N[C@@H]1CCC(=O)N[C@H]1c1ccccc1. The molecule has 1 saturated heterocycles. The summed E-state index contributed by atoms with van der Waals surface area (Å²) < 4.78 is 5.38. The summed E-state index contributed by atoms with van der Waals surface area (Å²) in [6.45, 7) is 4.35. The number of urea groups is 1. The second-order valence-electron chi connectivity index (χ2n) is 6.85. The fourth-order valence-corrected chi connectivity index (χ4v) is 3.23. The fraction of sp³-hybridized carbons (Fsp3) is 0.400. The van der Waals surface area contributed by atoms with Crippen molar-refractivity contribution < 1.29 is 14.0 Å². The molecule has 1 aromatic carbocycles. The van der Waals surface area contributed by atoms with Gasteiger partial charge in [-0.05, 0) is 38.0 Å². The Morgan fingerprint density at radius 3 is 2.69 bits per heavy atom. The molecule has 3 rings (SSSR count). The van der Waals surface area contributed by atoms with Crippen molar-refractivity contribution in [3.8, 4) is 0 Å². The van der Waals surface area contributed by atoms with Crippen molar-refractivity contribution in [1.29, 1.82) is 0 Å². The zero-order valence-electron chi connectivity index (χ0n) is 15.1. The third-order valence-electron chi connectivity index (χ3n) is 4.66. The van der Waals surface area contributed by atoms with Crippen LogP contribution in [0.2, 0.25) is 0 Å². The number of rotatable bonds is 5. The second kappa shape index (κ2) is 8.08. The molecule has 0 aliphatic carbocycles. The first-order chi connectivity index (χ1) is 12.5. The summed E-state index contributed by atoms with van der Waals surface area (Å²) in [4.78, 5) is 26.5. The highest BCUT2D eigenvalue weighted by Gasteiger charge is 2.32. The lowest BCUT2D eigenvalue weighted by molar-refractivity contribution is -0.123. The van der Waals surface area contributed by atoms with Gasteiger partial charge in [0.05, 0.1) is 24.9 Å². The monoisotopic (exact) mass is 355 g/mol. The number of carbonyl (C=O) groups is 2. The molecular formula is C20H25N3O3. The van der Waals surface area contributed by atoms with Gasteiger partial charge in [-0.25, -0.2) is 4.79 Å². The standard InChI is InChI=1S/C20H25N3O3/c1-14(2)23(13-16-9-6-12-26-16)20(25)21-17-10-11-18(24)22-19(17)15-7-4-3-5-8-15/h3-9,12,14,17,19H,10-11,13H2,1-2H3,(H,21,25)(H,22,24)/t17-,19+/m1/s1. The van der Waals surface area contributed by atoms with Crippen molar-refractivity contribution >= 4 is 11.9 Å². The third-order valence-corrected chi connectivity index (χ3v) is 4.66. The molecule has 138 valence electrons. The highest BCUT2D eigenvalue weighted by Crippen LogP contribution is 2.24. The van der Waals surface area contributed by atoms with Crippen LogP contribution in [-0.2, 0) is 11.3 Å². The first kappa shape index (κ1) is 18.0. The van der Waals surface area contributed by atoms with Crippen LogP contribution < -0.4 is 10.6 Å². The van der Waals surface area contributed by atoms with Crippen LogP contribution in [0.3, 0.4) is 0 Å². The summed E-state index contributed by atoms with van der Waals surface area (Å²) in [5.74, 6) is 0.756. The van der Waals surface area contributed by atoms with Crippen LogP contribution in [0, 0.1) is 0 Å². The molecule has 0 saturated carbocycles. The lowest BCUT2D eigenvalue weighted by atomic mass is 9.92. The van der Waals surface area contributed by atoms with E-state index in [9.17, 15) is 9.59 Å². The van der Waals surface area contributed by atoms with Gasteiger partial charge in [0.25, 0.3) is 0 Å². The van der Waals surface area contributed by atoms with Crippen molar-refractivity contribution in [2.75, 3.05) is 0 Å². The smallest absolute Gasteiger partial charge is 0.318 e. The Morgan fingerprint density at radius 1 is 1.27 bits per heavy atom. The lowest BCUT2D eigenvalue weighted by Crippen LogP contribution is -2.54. The quantitative estimate of drug-likeness (QED) is 0.865. The van der Waals surface area contributed by atoms with Crippen LogP contribution in [0.25, 0.3) is 0 Å². The Kier molecular flexibility index (Phi) is 5.61. The first-order valence-corrected chi connectivity index (χ1v) is 8.98. The Morgan fingerprint density at radius 2 is 2.04 bits per heavy atom. The van der Waals surface area contributed by atoms with E-state index in [1.165, 1.54) is 0 Å². The summed E-state index contributed by atoms with van der Waals surface area (Å²) in [7, 11) is 0. The number of amides is 3. The van der Waals surface area contributed by atoms with Crippen LogP contribution in [0.15, 0.2) is 53.1 Å². The van der Waals surface area contributed by atoms with Crippen LogP contribution in [0.5, 0.6) is 0 Å². The number of hydrogen-bond acceptors (Lipinski definition) is 3. The number of piperidine rings is 1. The predicted molar refractivity (Wildman–Crippen MR) is 98.3 cm³/mol. The first-order valence-electron chi connectivity index (χ1n) is 8.98. The molecule has 1 fully saturated rings. The van der Waals surface area contributed by atoms with E-state index in [-0.39, 0.29) is 30.1 Å². The van der Waals surface area contributed by atoms with Gasteiger partial charge in [0, 0.05) is 12.5 Å². The molecule has 3 amide bonds. The molecule has 0 unspecified atom stereocenters. The normalized spacial score (nSPS) is 19.9. The number of furan rings is 1. The molecule has 2 aromatic rings. The van der Waals surface area contributed by atoms with E-state index >= 15 is 0 Å². The Balaban J connectivity index is 1.73. The fourth-order valence-electron chi connectivity index (χ4n) is 3.23. The Bertz CT molecular complexity index is 728. The van der Waals surface area contributed by atoms with Gasteiger partial charge in [0.15, 0.2) is 0 Å². The summed E-state index contributed by atoms with van der Waals surface area (Å²) in [6, 6.07) is 12.9. The zero-order valence-corrected chi connectivity index (χ0v) is 15.1. The molecule has 1 aliphatic rings. The number of benzene rings is 1. The van der Waals surface area contributed by atoms with Gasteiger partial charge in [0.1, 0.15) is 5.76 Å².